The highest BCUT2D eigenvalue weighted by Gasteiger charge is 2.49. The van der Waals surface area contributed by atoms with Crippen LogP contribution in [0.25, 0.3) is 0 Å². The summed E-state index contributed by atoms with van der Waals surface area (Å²) in [7, 11) is 0. The average molecular weight is 354 g/mol. The normalized spacial score (nSPS) is 14.7. The second-order valence-corrected chi connectivity index (χ2v) is 5.49. The molecule has 0 saturated heterocycles. The lowest BCUT2D eigenvalue weighted by Crippen LogP contribution is -2.51. The van der Waals surface area contributed by atoms with E-state index in [4.69, 9.17) is 0 Å². The molecule has 0 aromatic heterocycles. The van der Waals surface area contributed by atoms with Gasteiger partial charge in [0.15, 0.2) is 5.60 Å². The van der Waals surface area contributed by atoms with Gasteiger partial charge in [-0.05, 0) is 25.0 Å². The van der Waals surface area contributed by atoms with E-state index in [-0.39, 0.29) is 6.42 Å². The number of amides is 1. The Labute approximate surface area is 123 Å². The molecule has 1 atom stereocenters. The second kappa shape index (κ2) is 6.58. The fraction of sp³-hybridized carbons (Fsp3) is 0.462. The Morgan fingerprint density at radius 3 is 2.50 bits per heavy atom. The van der Waals surface area contributed by atoms with Crippen molar-refractivity contribution >= 4 is 21.8 Å². The zero-order chi connectivity index (χ0) is 15.4. The molecule has 3 nitrogen and oxygen atoms in total. The van der Waals surface area contributed by atoms with E-state index < -0.39 is 24.2 Å². The molecule has 0 aliphatic carbocycles. The van der Waals surface area contributed by atoms with E-state index in [9.17, 15) is 23.1 Å². The van der Waals surface area contributed by atoms with Crippen molar-refractivity contribution in [2.75, 3.05) is 6.54 Å². The molecule has 0 spiro atoms. The maximum atomic E-state index is 12.4. The number of aliphatic hydroxyl groups is 1. The number of hydrogen-bond acceptors (Lipinski definition) is 2. The number of nitrogens with one attached hydrogen (secondary N) is 1. The number of rotatable bonds is 5. The van der Waals surface area contributed by atoms with Gasteiger partial charge in [-0.2, -0.15) is 13.2 Å². The van der Waals surface area contributed by atoms with Crippen molar-refractivity contribution in [2.24, 2.45) is 0 Å². The van der Waals surface area contributed by atoms with Crippen LogP contribution in [0.4, 0.5) is 13.2 Å². The van der Waals surface area contributed by atoms with Crippen molar-refractivity contribution in [3.8, 4) is 0 Å². The third-order valence-electron chi connectivity index (χ3n) is 2.82. The Balaban J connectivity index is 2.44. The fourth-order valence-corrected chi connectivity index (χ4v) is 1.89. The third-order valence-corrected chi connectivity index (χ3v) is 3.59. The minimum absolute atomic E-state index is 0.0521. The van der Waals surface area contributed by atoms with E-state index in [1.807, 2.05) is 24.3 Å². The predicted molar refractivity (Wildman–Crippen MR) is 72.2 cm³/mol. The molecular formula is C13H15BrF3NO2. The quantitative estimate of drug-likeness (QED) is 0.855. The van der Waals surface area contributed by atoms with E-state index in [1.165, 1.54) is 0 Å². The summed E-state index contributed by atoms with van der Waals surface area (Å²) in [5, 5.41) is 11.3. The van der Waals surface area contributed by atoms with Crippen molar-refractivity contribution in [1.82, 2.24) is 5.32 Å². The molecule has 0 fully saturated rings. The SMILES string of the molecule is CC(O)(CNC(=O)CCc1ccccc1Br)C(F)(F)F. The zero-order valence-corrected chi connectivity index (χ0v) is 12.4. The lowest BCUT2D eigenvalue weighted by atomic mass is 10.1. The van der Waals surface area contributed by atoms with Crippen LogP contribution in [-0.2, 0) is 11.2 Å². The number of carbonyl (C=O) groups excluding carboxylic acids is 1. The molecule has 1 aromatic carbocycles. The van der Waals surface area contributed by atoms with Gasteiger partial charge in [-0.25, -0.2) is 0 Å². The predicted octanol–water partition coefficient (Wildman–Crippen LogP) is 2.81. The van der Waals surface area contributed by atoms with Crippen LogP contribution >= 0.6 is 15.9 Å². The summed E-state index contributed by atoms with van der Waals surface area (Å²) < 4.78 is 38.0. The Kier molecular flexibility index (Phi) is 5.59. The summed E-state index contributed by atoms with van der Waals surface area (Å²) in [6.07, 6.45) is -4.32. The molecule has 0 bridgehead atoms. The minimum Gasteiger partial charge on any atom is -0.379 e. The lowest BCUT2D eigenvalue weighted by Gasteiger charge is -2.26. The van der Waals surface area contributed by atoms with Crippen molar-refractivity contribution in [3.63, 3.8) is 0 Å². The Morgan fingerprint density at radius 1 is 1.35 bits per heavy atom. The summed E-state index contributed by atoms with van der Waals surface area (Å²) in [5.41, 5.74) is -2.03. The topological polar surface area (TPSA) is 49.3 Å². The number of carbonyl (C=O) groups is 1. The molecule has 0 heterocycles. The molecule has 112 valence electrons. The Morgan fingerprint density at radius 2 is 1.95 bits per heavy atom. The van der Waals surface area contributed by atoms with Gasteiger partial charge in [-0.3, -0.25) is 4.79 Å². The highest BCUT2D eigenvalue weighted by molar-refractivity contribution is 9.10. The van der Waals surface area contributed by atoms with Gasteiger partial charge in [0.25, 0.3) is 0 Å². The molecule has 2 N–H and O–H groups in total. The molecule has 0 aliphatic rings. The van der Waals surface area contributed by atoms with E-state index in [0.29, 0.717) is 13.3 Å². The standard InChI is InChI=1S/C13H15BrF3NO2/c1-12(20,13(15,16)17)8-18-11(19)7-6-9-4-2-3-5-10(9)14/h2-5,20H,6-8H2,1H3,(H,18,19). The van der Waals surface area contributed by atoms with Crippen molar-refractivity contribution in [3.05, 3.63) is 34.3 Å². The zero-order valence-electron chi connectivity index (χ0n) is 10.8. The molecular weight excluding hydrogens is 339 g/mol. The van der Waals surface area contributed by atoms with Crippen LogP contribution in [0.5, 0.6) is 0 Å². The smallest absolute Gasteiger partial charge is 0.379 e. The van der Waals surface area contributed by atoms with Crippen molar-refractivity contribution in [1.29, 1.82) is 0 Å². The monoisotopic (exact) mass is 353 g/mol. The molecule has 20 heavy (non-hydrogen) atoms. The summed E-state index contributed by atoms with van der Waals surface area (Å²) in [4.78, 5) is 11.5. The first-order chi connectivity index (χ1) is 9.13. The highest BCUT2D eigenvalue weighted by atomic mass is 79.9. The van der Waals surface area contributed by atoms with E-state index in [1.54, 1.807) is 0 Å². The maximum absolute atomic E-state index is 12.4. The van der Waals surface area contributed by atoms with Crippen LogP contribution in [-0.4, -0.2) is 29.3 Å². The van der Waals surface area contributed by atoms with Gasteiger partial charge in [0.05, 0.1) is 6.54 Å². The Bertz CT molecular complexity index is 475. The molecule has 1 aromatic rings. The van der Waals surface area contributed by atoms with E-state index in [2.05, 4.69) is 21.2 Å². The maximum Gasteiger partial charge on any atom is 0.418 e. The number of alkyl halides is 3. The summed E-state index contributed by atoms with van der Waals surface area (Å²) in [6.45, 7) is -0.230. The third kappa shape index (κ3) is 4.79. The number of halogens is 4. The van der Waals surface area contributed by atoms with Crippen molar-refractivity contribution in [2.45, 2.75) is 31.5 Å². The van der Waals surface area contributed by atoms with E-state index in [0.717, 1.165) is 10.0 Å². The second-order valence-electron chi connectivity index (χ2n) is 4.64. The van der Waals surface area contributed by atoms with Crippen LogP contribution < -0.4 is 5.32 Å². The van der Waals surface area contributed by atoms with Crippen LogP contribution in [0.1, 0.15) is 18.9 Å². The lowest BCUT2D eigenvalue weighted by molar-refractivity contribution is -0.250. The molecule has 1 rings (SSSR count). The summed E-state index contributed by atoms with van der Waals surface area (Å²) >= 11 is 3.32. The van der Waals surface area contributed by atoms with Crippen LogP contribution in [0.15, 0.2) is 28.7 Å². The van der Waals surface area contributed by atoms with Gasteiger partial charge in [0, 0.05) is 10.9 Å². The summed E-state index contributed by atoms with van der Waals surface area (Å²) in [6, 6.07) is 7.28. The fourth-order valence-electron chi connectivity index (χ4n) is 1.41. The number of aryl methyl sites for hydroxylation is 1. The van der Waals surface area contributed by atoms with Crippen LogP contribution in [0, 0.1) is 0 Å². The first kappa shape index (κ1) is 17.0. The first-order valence-electron chi connectivity index (χ1n) is 5.93. The van der Waals surface area contributed by atoms with Gasteiger partial charge in [0.2, 0.25) is 5.91 Å². The number of benzene rings is 1. The van der Waals surface area contributed by atoms with Gasteiger partial charge >= 0.3 is 6.18 Å². The Hall–Kier alpha value is -1.08. The average Bonchev–Trinajstić information content (AvgIpc) is 2.34. The van der Waals surface area contributed by atoms with Gasteiger partial charge < -0.3 is 10.4 Å². The van der Waals surface area contributed by atoms with Gasteiger partial charge in [-0.15, -0.1) is 0 Å². The summed E-state index contributed by atoms with van der Waals surface area (Å²) in [5.74, 6) is -0.537. The van der Waals surface area contributed by atoms with Gasteiger partial charge in [-0.1, -0.05) is 34.1 Å². The first-order valence-corrected chi connectivity index (χ1v) is 6.72. The highest BCUT2D eigenvalue weighted by Crippen LogP contribution is 2.29. The molecule has 1 amide bonds. The molecule has 1 unspecified atom stereocenters. The minimum atomic E-state index is -4.78. The molecule has 0 saturated carbocycles. The molecule has 7 heteroatoms. The largest absolute Gasteiger partial charge is 0.418 e. The van der Waals surface area contributed by atoms with E-state index >= 15 is 0 Å². The number of hydrogen-bond donors (Lipinski definition) is 2. The van der Waals surface area contributed by atoms with Crippen LogP contribution in [0.2, 0.25) is 0 Å². The molecule has 0 radical (unpaired) electrons. The van der Waals surface area contributed by atoms with Crippen molar-refractivity contribution < 1.29 is 23.1 Å². The van der Waals surface area contributed by atoms with Gasteiger partial charge in [0.1, 0.15) is 0 Å². The van der Waals surface area contributed by atoms with Crippen LogP contribution in [0.3, 0.4) is 0 Å². The molecule has 0 aliphatic heterocycles.